The zero-order valence-electron chi connectivity index (χ0n) is 12.3. The number of nitrogens with zero attached hydrogens (tertiary/aromatic N) is 1. The number of primary amides is 1. The van der Waals surface area contributed by atoms with Gasteiger partial charge in [-0.1, -0.05) is 60.7 Å². The van der Waals surface area contributed by atoms with Gasteiger partial charge in [0.2, 0.25) is 0 Å². The first-order chi connectivity index (χ1) is 10.7. The van der Waals surface area contributed by atoms with Crippen LogP contribution in [-0.2, 0) is 0 Å². The number of nitrogens with two attached hydrogens (primary N) is 1. The second kappa shape index (κ2) is 5.82. The minimum absolute atomic E-state index is 0.455. The van der Waals surface area contributed by atoms with Gasteiger partial charge in [0, 0.05) is 5.39 Å². The highest BCUT2D eigenvalue weighted by Gasteiger charge is 2.14. The number of benzene rings is 2. The van der Waals surface area contributed by atoms with Crippen molar-refractivity contribution in [2.24, 2.45) is 5.73 Å². The highest BCUT2D eigenvalue weighted by molar-refractivity contribution is 6.05. The highest BCUT2D eigenvalue weighted by Crippen LogP contribution is 2.25. The monoisotopic (exact) mass is 288 g/mol. The molecule has 0 fully saturated rings. The van der Waals surface area contributed by atoms with Gasteiger partial charge in [-0.15, -0.1) is 0 Å². The third-order valence-corrected chi connectivity index (χ3v) is 3.60. The lowest BCUT2D eigenvalue weighted by Crippen LogP contribution is -2.15. The van der Waals surface area contributed by atoms with Crippen LogP contribution in [0.1, 0.15) is 27.2 Å². The van der Waals surface area contributed by atoms with Gasteiger partial charge in [-0.3, -0.25) is 9.78 Å². The Bertz CT molecular complexity index is 867. The lowest BCUT2D eigenvalue weighted by molar-refractivity contribution is 0.0999. The van der Waals surface area contributed by atoms with Gasteiger partial charge in [-0.05, 0) is 24.1 Å². The zero-order chi connectivity index (χ0) is 15.5. The molecule has 3 nitrogen and oxygen atoms in total. The molecule has 0 saturated carbocycles. The van der Waals surface area contributed by atoms with Gasteiger partial charge in [-0.2, -0.15) is 0 Å². The van der Waals surface area contributed by atoms with Crippen LogP contribution >= 0.6 is 0 Å². The maximum Gasteiger partial charge on any atom is 0.251 e. The molecule has 1 amide bonds. The van der Waals surface area contributed by atoms with E-state index in [4.69, 9.17) is 5.73 Å². The van der Waals surface area contributed by atoms with Crippen molar-refractivity contribution in [1.82, 2.24) is 4.98 Å². The second-order valence-electron chi connectivity index (χ2n) is 5.11. The van der Waals surface area contributed by atoms with Crippen LogP contribution in [0.3, 0.4) is 0 Å². The Labute approximate surface area is 129 Å². The van der Waals surface area contributed by atoms with E-state index in [2.05, 4.69) is 4.98 Å². The van der Waals surface area contributed by atoms with Crippen molar-refractivity contribution >= 4 is 29.0 Å². The second-order valence-corrected chi connectivity index (χ2v) is 5.11. The van der Waals surface area contributed by atoms with Crippen molar-refractivity contribution in [3.63, 3.8) is 0 Å². The third-order valence-electron chi connectivity index (χ3n) is 3.60. The van der Waals surface area contributed by atoms with Crippen molar-refractivity contribution in [2.75, 3.05) is 0 Å². The Morgan fingerprint density at radius 2 is 1.68 bits per heavy atom. The fourth-order valence-corrected chi connectivity index (χ4v) is 2.59. The Morgan fingerprint density at radius 1 is 1.00 bits per heavy atom. The van der Waals surface area contributed by atoms with E-state index in [1.165, 1.54) is 0 Å². The van der Waals surface area contributed by atoms with Crippen molar-refractivity contribution < 1.29 is 4.79 Å². The van der Waals surface area contributed by atoms with E-state index in [0.29, 0.717) is 11.3 Å². The van der Waals surface area contributed by atoms with Crippen LogP contribution < -0.4 is 5.73 Å². The van der Waals surface area contributed by atoms with Crippen molar-refractivity contribution in [2.45, 2.75) is 6.92 Å². The Hall–Kier alpha value is -2.94. The quantitative estimate of drug-likeness (QED) is 0.796. The molecule has 0 aliphatic carbocycles. The summed E-state index contributed by atoms with van der Waals surface area (Å²) in [5.74, 6) is -0.455. The number of hydrogen-bond acceptors (Lipinski definition) is 2. The molecule has 3 aromatic rings. The summed E-state index contributed by atoms with van der Waals surface area (Å²) >= 11 is 0. The predicted molar refractivity (Wildman–Crippen MR) is 90.4 cm³/mol. The number of pyridine rings is 1. The molecule has 0 atom stereocenters. The van der Waals surface area contributed by atoms with E-state index in [9.17, 15) is 4.79 Å². The number of carbonyl (C=O) groups is 1. The number of fused-ring (bicyclic) bond motifs is 1. The molecule has 2 aromatic carbocycles. The maximum absolute atomic E-state index is 11.8. The van der Waals surface area contributed by atoms with Crippen LogP contribution in [0.25, 0.3) is 23.1 Å². The van der Waals surface area contributed by atoms with Crippen LogP contribution in [0.2, 0.25) is 0 Å². The summed E-state index contributed by atoms with van der Waals surface area (Å²) in [5.41, 5.74) is 9.44. The van der Waals surface area contributed by atoms with Gasteiger partial charge in [-0.25, -0.2) is 0 Å². The average Bonchev–Trinajstić information content (AvgIpc) is 2.52. The first-order valence-electron chi connectivity index (χ1n) is 7.09. The fraction of sp³-hybridized carbons (Fsp3) is 0.0526. The molecule has 0 aliphatic rings. The molecular weight excluding hydrogens is 272 g/mol. The number of para-hydroxylation sites is 1. The summed E-state index contributed by atoms with van der Waals surface area (Å²) in [6, 6.07) is 17.7. The van der Waals surface area contributed by atoms with E-state index in [1.807, 2.05) is 73.7 Å². The summed E-state index contributed by atoms with van der Waals surface area (Å²) < 4.78 is 0. The third kappa shape index (κ3) is 2.61. The first kappa shape index (κ1) is 14.0. The molecular formula is C19H16N2O. The topological polar surface area (TPSA) is 56.0 Å². The Kier molecular flexibility index (Phi) is 3.71. The maximum atomic E-state index is 11.8. The molecule has 0 aliphatic heterocycles. The largest absolute Gasteiger partial charge is 0.366 e. The average molecular weight is 288 g/mol. The molecule has 1 heterocycles. The van der Waals surface area contributed by atoms with Crippen LogP contribution in [0.15, 0.2) is 54.6 Å². The number of aromatic nitrogens is 1. The lowest BCUT2D eigenvalue weighted by Gasteiger charge is -2.10. The number of carbonyl (C=O) groups excluding carboxylic acids is 1. The van der Waals surface area contributed by atoms with E-state index in [0.717, 1.165) is 22.0 Å². The van der Waals surface area contributed by atoms with E-state index in [1.54, 1.807) is 0 Å². The summed E-state index contributed by atoms with van der Waals surface area (Å²) in [7, 11) is 0. The summed E-state index contributed by atoms with van der Waals surface area (Å²) in [6.45, 7) is 1.81. The van der Waals surface area contributed by atoms with Gasteiger partial charge >= 0.3 is 0 Å². The van der Waals surface area contributed by atoms with Crippen molar-refractivity contribution in [3.05, 3.63) is 77.0 Å². The number of aryl methyl sites for hydroxylation is 1. The van der Waals surface area contributed by atoms with E-state index >= 15 is 0 Å². The van der Waals surface area contributed by atoms with E-state index < -0.39 is 5.91 Å². The van der Waals surface area contributed by atoms with Gasteiger partial charge in [0.15, 0.2) is 0 Å². The Morgan fingerprint density at radius 3 is 2.41 bits per heavy atom. The normalized spacial score (nSPS) is 11.1. The van der Waals surface area contributed by atoms with Crippen LogP contribution in [0, 0.1) is 6.92 Å². The molecule has 1 aromatic heterocycles. The summed E-state index contributed by atoms with van der Waals surface area (Å²) in [5, 5.41) is 0.925. The molecule has 3 heteroatoms. The van der Waals surface area contributed by atoms with Crippen molar-refractivity contribution in [1.29, 1.82) is 0 Å². The zero-order valence-corrected chi connectivity index (χ0v) is 12.3. The number of rotatable bonds is 3. The number of hydrogen-bond donors (Lipinski definition) is 1. The molecule has 0 spiro atoms. The minimum Gasteiger partial charge on any atom is -0.366 e. The summed E-state index contributed by atoms with van der Waals surface area (Å²) in [6.07, 6.45) is 3.92. The van der Waals surface area contributed by atoms with Gasteiger partial charge < -0.3 is 5.73 Å². The minimum atomic E-state index is -0.455. The van der Waals surface area contributed by atoms with Gasteiger partial charge in [0.1, 0.15) is 0 Å². The SMILES string of the molecule is Cc1nc2ccccc2c(/C=C/c2ccccc2)c1C(N)=O. The van der Waals surface area contributed by atoms with Gasteiger partial charge in [0.05, 0.1) is 16.8 Å². The molecule has 0 radical (unpaired) electrons. The molecule has 22 heavy (non-hydrogen) atoms. The van der Waals surface area contributed by atoms with Gasteiger partial charge in [0.25, 0.3) is 5.91 Å². The predicted octanol–water partition coefficient (Wildman–Crippen LogP) is 3.81. The molecule has 0 bridgehead atoms. The summed E-state index contributed by atoms with van der Waals surface area (Å²) in [4.78, 5) is 16.3. The molecule has 108 valence electrons. The lowest BCUT2D eigenvalue weighted by atomic mass is 9.99. The molecule has 0 saturated heterocycles. The molecule has 0 unspecified atom stereocenters. The smallest absolute Gasteiger partial charge is 0.251 e. The Balaban J connectivity index is 2.23. The van der Waals surface area contributed by atoms with Crippen LogP contribution in [0.4, 0.5) is 0 Å². The standard InChI is InChI=1S/C19H16N2O/c1-13-18(19(20)22)16(12-11-14-7-3-2-4-8-14)15-9-5-6-10-17(15)21-13/h2-12H,1H3,(H2,20,22)/b12-11+. The molecule has 2 N–H and O–H groups in total. The fourth-order valence-electron chi connectivity index (χ4n) is 2.59. The van der Waals surface area contributed by atoms with E-state index in [-0.39, 0.29) is 0 Å². The first-order valence-corrected chi connectivity index (χ1v) is 7.09. The number of amides is 1. The highest BCUT2D eigenvalue weighted by atomic mass is 16.1. The van der Waals surface area contributed by atoms with Crippen LogP contribution in [0.5, 0.6) is 0 Å². The van der Waals surface area contributed by atoms with Crippen molar-refractivity contribution in [3.8, 4) is 0 Å². The van der Waals surface area contributed by atoms with Crippen LogP contribution in [-0.4, -0.2) is 10.9 Å². The molecule has 3 rings (SSSR count).